The smallest absolute Gasteiger partial charge is 0.273 e. The van der Waals surface area contributed by atoms with E-state index in [-0.39, 0.29) is 62.4 Å². The molecule has 0 bridgehead atoms. The van der Waals surface area contributed by atoms with Crippen LogP contribution in [0.4, 0.5) is 5.69 Å². The van der Waals surface area contributed by atoms with Crippen LogP contribution >= 0.6 is 0 Å². The average Bonchev–Trinajstić information content (AvgIpc) is 3.71. The number of ether oxygens (including phenoxy) is 5. The summed E-state index contributed by atoms with van der Waals surface area (Å²) in [5.41, 5.74) is 2.76. The molecule has 14 nitrogen and oxygen atoms in total. The lowest BCUT2D eigenvalue weighted by Crippen LogP contribution is -2.69. The predicted molar refractivity (Wildman–Crippen MR) is 214 cm³/mol. The van der Waals surface area contributed by atoms with Crippen LogP contribution in [0.5, 0.6) is 28.7 Å². The first-order valence-corrected chi connectivity index (χ1v) is 20.0. The molecule has 308 valence electrons. The number of benzene rings is 3. The summed E-state index contributed by atoms with van der Waals surface area (Å²) in [5, 5.41) is 36.0. The van der Waals surface area contributed by atoms with Gasteiger partial charge in [0.1, 0.15) is 29.9 Å². The highest BCUT2D eigenvalue weighted by atomic mass is 16.7. The van der Waals surface area contributed by atoms with Crippen LogP contribution in [0.2, 0.25) is 0 Å². The number of fused-ring (bicyclic) bond motifs is 3. The van der Waals surface area contributed by atoms with Gasteiger partial charge >= 0.3 is 0 Å². The van der Waals surface area contributed by atoms with Crippen LogP contribution in [-0.4, -0.2) is 83.8 Å². The normalized spacial score (nSPS) is 24.5. The average molecular weight is 798 g/mol. The molecule has 1 saturated carbocycles. The van der Waals surface area contributed by atoms with E-state index in [4.69, 9.17) is 33.7 Å². The summed E-state index contributed by atoms with van der Waals surface area (Å²) in [4.78, 5) is 33.2. The zero-order valence-corrected chi connectivity index (χ0v) is 32.9. The third-order valence-corrected chi connectivity index (χ3v) is 11.6. The second-order valence-corrected chi connectivity index (χ2v) is 15.0. The first-order valence-electron chi connectivity index (χ1n) is 20.0. The van der Waals surface area contributed by atoms with Crippen molar-refractivity contribution in [1.29, 1.82) is 0 Å². The number of aliphatic hydroxyl groups excluding tert-OH is 2. The van der Waals surface area contributed by atoms with E-state index in [1.54, 1.807) is 54.4 Å². The summed E-state index contributed by atoms with van der Waals surface area (Å²) < 4.78 is 31.6. The molecule has 0 aromatic heterocycles. The van der Waals surface area contributed by atoms with E-state index < -0.39 is 22.7 Å². The van der Waals surface area contributed by atoms with Crippen LogP contribution in [0.3, 0.4) is 0 Å². The molecule has 1 amide bonds. The minimum atomic E-state index is -1.43. The number of aliphatic hydroxyl groups is 2. The Morgan fingerprint density at radius 3 is 2.53 bits per heavy atom. The van der Waals surface area contributed by atoms with Crippen molar-refractivity contribution in [1.82, 2.24) is 4.90 Å². The molecule has 6 unspecified atom stereocenters. The summed E-state index contributed by atoms with van der Waals surface area (Å²) in [6.45, 7) is 6.52. The Morgan fingerprint density at radius 1 is 1.02 bits per heavy atom. The first-order chi connectivity index (χ1) is 28.2. The van der Waals surface area contributed by atoms with Gasteiger partial charge in [0.05, 0.1) is 29.2 Å². The van der Waals surface area contributed by atoms with Gasteiger partial charge in [0, 0.05) is 49.8 Å². The number of oxime groups is 1. The van der Waals surface area contributed by atoms with Crippen LogP contribution in [0.1, 0.15) is 73.7 Å². The standard InChI is InChI=1S/C44H51N3O11/c1-4-21-55-44-40(46(3)43(50)29-15-17-38-39(23-29)54-27-53-38)26-36(45-56-5-2)34-22-28(11-6-8-19-48)33(14-7-9-20-49)41(42(34)44)35-25-32(16-18-37(35)58-44)57-31-13-10-12-30(24-31)47(51)52/h4,10,12-13,15-18,22-25,28,33,40-42,48-49H,1,5-9,11,14,19-21,26-27H2,2-3H3. The van der Waals surface area contributed by atoms with Gasteiger partial charge in [-0.15, -0.1) is 6.58 Å². The number of carbonyl (C=O) groups is 1. The van der Waals surface area contributed by atoms with Crippen LogP contribution < -0.4 is 18.9 Å². The van der Waals surface area contributed by atoms with E-state index in [0.717, 1.165) is 36.8 Å². The van der Waals surface area contributed by atoms with Crippen molar-refractivity contribution in [2.45, 2.75) is 69.6 Å². The van der Waals surface area contributed by atoms with Crippen molar-refractivity contribution in [3.63, 3.8) is 0 Å². The number of nitro benzene ring substituents is 1. The topological polar surface area (TPSA) is 172 Å². The Hall–Kier alpha value is -5.44. The summed E-state index contributed by atoms with van der Waals surface area (Å²) >= 11 is 0. The number of hydrogen-bond acceptors (Lipinski definition) is 12. The van der Waals surface area contributed by atoms with Crippen LogP contribution in [0.25, 0.3) is 0 Å². The van der Waals surface area contributed by atoms with Gasteiger partial charge in [-0.25, -0.2) is 0 Å². The second-order valence-electron chi connectivity index (χ2n) is 15.0. The van der Waals surface area contributed by atoms with Crippen LogP contribution in [0.15, 0.2) is 90.1 Å². The van der Waals surface area contributed by atoms with Gasteiger partial charge in [-0.05, 0) is 92.5 Å². The van der Waals surface area contributed by atoms with E-state index in [2.05, 4.69) is 12.7 Å². The van der Waals surface area contributed by atoms with Gasteiger partial charge in [-0.2, -0.15) is 0 Å². The number of hydrogen-bond donors (Lipinski definition) is 2. The SMILES string of the molecule is C=CCOC12Oc3ccc(Oc4cccc([N+](=O)[O-])c4)cc3C3C(CCCCO)C(CCCCO)C=C(C(=NOCC)CC1N(C)C(=O)c1ccc4c(c1)OCO4)C32. The molecule has 2 aliphatic carbocycles. The molecule has 7 rings (SSSR count). The minimum absolute atomic E-state index is 0.00312. The van der Waals surface area contributed by atoms with E-state index >= 15 is 0 Å². The molecule has 3 aromatic rings. The molecular formula is C44H51N3O11. The van der Waals surface area contributed by atoms with E-state index in [1.807, 2.05) is 19.1 Å². The third-order valence-electron chi connectivity index (χ3n) is 11.6. The highest BCUT2D eigenvalue weighted by Crippen LogP contribution is 2.62. The molecular weight excluding hydrogens is 746 g/mol. The fraction of sp³-hybridized carbons (Fsp3) is 0.455. The predicted octanol–water partition coefficient (Wildman–Crippen LogP) is 7.54. The van der Waals surface area contributed by atoms with Gasteiger partial charge in [0.25, 0.3) is 11.6 Å². The molecule has 0 saturated heterocycles. The fourth-order valence-electron chi connectivity index (χ4n) is 9.11. The fourth-order valence-corrected chi connectivity index (χ4v) is 9.11. The van der Waals surface area contributed by atoms with Crippen molar-refractivity contribution in [3.05, 3.63) is 106 Å². The van der Waals surface area contributed by atoms with Crippen molar-refractivity contribution in [3.8, 4) is 28.7 Å². The zero-order valence-electron chi connectivity index (χ0n) is 32.9. The molecule has 1 fully saturated rings. The number of allylic oxidation sites excluding steroid dienone is 1. The molecule has 0 radical (unpaired) electrons. The number of non-ortho nitro benzene ring substituents is 1. The maximum Gasteiger partial charge on any atom is 0.273 e. The number of unbranched alkanes of at least 4 members (excludes halogenated alkanes) is 2. The molecule has 3 aromatic carbocycles. The highest BCUT2D eigenvalue weighted by Gasteiger charge is 2.65. The number of amides is 1. The maximum absolute atomic E-state index is 14.6. The van der Waals surface area contributed by atoms with Crippen LogP contribution in [-0.2, 0) is 9.57 Å². The lowest BCUT2D eigenvalue weighted by molar-refractivity contribution is -0.384. The molecule has 4 aliphatic rings. The first kappa shape index (κ1) is 40.7. The minimum Gasteiger partial charge on any atom is -0.459 e. The van der Waals surface area contributed by atoms with Gasteiger partial charge in [0.2, 0.25) is 12.6 Å². The van der Waals surface area contributed by atoms with E-state index in [9.17, 15) is 25.1 Å². The summed E-state index contributed by atoms with van der Waals surface area (Å²) in [7, 11) is 1.74. The summed E-state index contributed by atoms with van der Waals surface area (Å²) in [6, 6.07) is 16.0. The molecule has 2 heterocycles. The number of nitrogens with zero attached hydrogens (tertiary/aromatic N) is 3. The van der Waals surface area contributed by atoms with Crippen molar-refractivity contribution < 1.29 is 48.5 Å². The Labute approximate surface area is 337 Å². The molecule has 2 N–H and O–H groups in total. The highest BCUT2D eigenvalue weighted by molar-refractivity contribution is 6.03. The van der Waals surface area contributed by atoms with E-state index in [0.29, 0.717) is 59.5 Å². The molecule has 58 heavy (non-hydrogen) atoms. The quantitative estimate of drug-likeness (QED) is 0.0564. The van der Waals surface area contributed by atoms with Gasteiger partial charge in [0.15, 0.2) is 11.5 Å². The van der Waals surface area contributed by atoms with Crippen molar-refractivity contribution in [2.24, 2.45) is 22.9 Å². The zero-order chi connectivity index (χ0) is 40.8. The van der Waals surface area contributed by atoms with Gasteiger partial charge in [-0.3, -0.25) is 14.9 Å². The Balaban J connectivity index is 1.41. The maximum atomic E-state index is 14.6. The van der Waals surface area contributed by atoms with E-state index in [1.165, 1.54) is 12.1 Å². The number of nitro groups is 1. The Morgan fingerprint density at radius 2 is 1.78 bits per heavy atom. The van der Waals surface area contributed by atoms with Crippen molar-refractivity contribution in [2.75, 3.05) is 40.3 Å². The number of likely N-dealkylation sites (N-methyl/N-ethyl adjacent to an activating group) is 1. The lowest BCUT2D eigenvalue weighted by atomic mass is 9.55. The summed E-state index contributed by atoms with van der Waals surface area (Å²) in [6.07, 6.45) is 8.58. The Kier molecular flexibility index (Phi) is 12.6. The summed E-state index contributed by atoms with van der Waals surface area (Å²) in [5.74, 6) is -0.0632. The number of rotatable bonds is 18. The third kappa shape index (κ3) is 8.00. The second kappa shape index (κ2) is 18.0. The van der Waals surface area contributed by atoms with Gasteiger partial charge in [-0.1, -0.05) is 36.2 Å². The Bertz CT molecular complexity index is 2050. The van der Waals surface area contributed by atoms with Gasteiger partial charge < -0.3 is 43.6 Å². The lowest BCUT2D eigenvalue weighted by Gasteiger charge is -2.59. The largest absolute Gasteiger partial charge is 0.459 e. The van der Waals surface area contributed by atoms with Crippen LogP contribution in [0, 0.1) is 27.9 Å². The molecule has 14 heteroatoms. The monoisotopic (exact) mass is 797 g/mol. The number of carbonyl (C=O) groups excluding carboxylic acids is 1. The van der Waals surface area contributed by atoms with Crippen molar-refractivity contribution >= 4 is 17.3 Å². The molecule has 2 aliphatic heterocycles. The molecule has 0 spiro atoms. The molecule has 6 atom stereocenters.